The van der Waals surface area contributed by atoms with Crippen LogP contribution in [0.1, 0.15) is 50.8 Å². The number of aromatic nitrogens is 3. The predicted octanol–water partition coefficient (Wildman–Crippen LogP) is 2.79. The highest BCUT2D eigenvalue weighted by molar-refractivity contribution is 6.08. The first-order valence-electron chi connectivity index (χ1n) is 11.3. The van der Waals surface area contributed by atoms with Crippen molar-refractivity contribution in [3.8, 4) is 11.4 Å². The van der Waals surface area contributed by atoms with Gasteiger partial charge in [0.25, 0.3) is 0 Å². The maximum atomic E-state index is 12.6. The molecule has 1 aliphatic carbocycles. The summed E-state index contributed by atoms with van der Waals surface area (Å²) in [6.07, 6.45) is 7.88. The summed E-state index contributed by atoms with van der Waals surface area (Å²) >= 11 is 0. The average Bonchev–Trinajstić information content (AvgIpc) is 3.18. The molecule has 2 aliphatic heterocycles. The van der Waals surface area contributed by atoms with E-state index in [0.29, 0.717) is 5.69 Å². The molecule has 3 amide bonds. The number of hydrogen-bond donors (Lipinski definition) is 1. The van der Waals surface area contributed by atoms with E-state index in [4.69, 9.17) is 0 Å². The molecule has 8 nitrogen and oxygen atoms in total. The van der Waals surface area contributed by atoms with Crippen LogP contribution in [0.3, 0.4) is 0 Å². The van der Waals surface area contributed by atoms with Gasteiger partial charge in [0.2, 0.25) is 17.7 Å². The number of rotatable bonds is 4. The van der Waals surface area contributed by atoms with Crippen LogP contribution in [-0.2, 0) is 27.3 Å². The molecule has 2 fully saturated rings. The number of likely N-dealkylation sites (tertiary alicyclic amines) is 1. The van der Waals surface area contributed by atoms with Crippen LogP contribution in [0, 0.1) is 11.8 Å². The van der Waals surface area contributed by atoms with Crippen molar-refractivity contribution < 1.29 is 14.4 Å². The number of carbonyl (C=O) groups is 3. The van der Waals surface area contributed by atoms with Crippen LogP contribution in [0.5, 0.6) is 0 Å². The number of anilines is 1. The fourth-order valence-corrected chi connectivity index (χ4v) is 5.13. The third kappa shape index (κ3) is 3.75. The van der Waals surface area contributed by atoms with Crippen LogP contribution in [-0.4, -0.2) is 43.9 Å². The van der Waals surface area contributed by atoms with Crippen LogP contribution in [0.2, 0.25) is 0 Å². The minimum Gasteiger partial charge on any atom is -0.325 e. The zero-order valence-corrected chi connectivity index (χ0v) is 17.5. The zero-order valence-electron chi connectivity index (χ0n) is 17.5. The molecule has 31 heavy (non-hydrogen) atoms. The molecule has 1 saturated carbocycles. The Labute approximate surface area is 181 Å². The van der Waals surface area contributed by atoms with Crippen molar-refractivity contribution in [3.05, 3.63) is 30.1 Å². The topological polar surface area (TPSA) is 97.2 Å². The third-order valence-electron chi connectivity index (χ3n) is 6.77. The Hall–Kier alpha value is -3.03. The highest BCUT2D eigenvalue weighted by atomic mass is 16.2. The molecule has 1 aromatic heterocycles. The molecule has 1 saturated heterocycles. The molecule has 5 rings (SSSR count). The van der Waals surface area contributed by atoms with E-state index in [1.54, 1.807) is 0 Å². The molecule has 162 valence electrons. The largest absolute Gasteiger partial charge is 0.325 e. The van der Waals surface area contributed by atoms with Gasteiger partial charge in [-0.25, -0.2) is 0 Å². The lowest BCUT2D eigenvalue weighted by Crippen LogP contribution is -2.38. The van der Waals surface area contributed by atoms with Crippen LogP contribution in [0.4, 0.5) is 5.69 Å². The number of nitrogens with zero attached hydrogens (tertiary/aromatic N) is 4. The van der Waals surface area contributed by atoms with Crippen molar-refractivity contribution in [2.75, 3.05) is 11.9 Å². The van der Waals surface area contributed by atoms with Gasteiger partial charge in [0, 0.05) is 24.2 Å². The monoisotopic (exact) mass is 421 g/mol. The van der Waals surface area contributed by atoms with Gasteiger partial charge in [-0.15, -0.1) is 10.2 Å². The highest BCUT2D eigenvalue weighted by Gasteiger charge is 2.48. The molecule has 0 spiro atoms. The molecule has 0 bridgehead atoms. The fraction of sp³-hybridized carbons (Fsp3) is 0.522. The lowest BCUT2D eigenvalue weighted by atomic mass is 9.81. The van der Waals surface area contributed by atoms with Crippen molar-refractivity contribution in [2.45, 2.75) is 57.9 Å². The summed E-state index contributed by atoms with van der Waals surface area (Å²) in [5, 5.41) is 11.5. The first kappa shape index (κ1) is 19.9. The Kier molecular flexibility index (Phi) is 5.29. The highest BCUT2D eigenvalue weighted by Crippen LogP contribution is 2.37. The van der Waals surface area contributed by atoms with E-state index in [-0.39, 0.29) is 36.1 Å². The van der Waals surface area contributed by atoms with Gasteiger partial charge in [-0.2, -0.15) is 0 Å². The molecule has 3 heterocycles. The van der Waals surface area contributed by atoms with Gasteiger partial charge in [0.05, 0.1) is 11.8 Å². The SMILES string of the molecule is O=C(CN1C(=O)[C@H]2CCCC[C@H]2C1=O)Nc1ccc(-c2nnc3n2CCCCC3)cc1. The number of fused-ring (bicyclic) bond motifs is 2. The molecule has 1 aromatic carbocycles. The smallest absolute Gasteiger partial charge is 0.244 e. The minimum atomic E-state index is -0.357. The lowest BCUT2D eigenvalue weighted by molar-refractivity contribution is -0.142. The van der Waals surface area contributed by atoms with Crippen molar-refractivity contribution in [2.24, 2.45) is 11.8 Å². The third-order valence-corrected chi connectivity index (χ3v) is 6.77. The average molecular weight is 422 g/mol. The van der Waals surface area contributed by atoms with Crippen LogP contribution in [0.25, 0.3) is 11.4 Å². The minimum absolute atomic E-state index is 0.187. The Morgan fingerprint density at radius 1 is 0.935 bits per heavy atom. The second-order valence-corrected chi connectivity index (χ2v) is 8.79. The summed E-state index contributed by atoms with van der Waals surface area (Å²) in [4.78, 5) is 38.8. The van der Waals surface area contributed by atoms with Crippen molar-refractivity contribution in [1.82, 2.24) is 19.7 Å². The molecule has 2 aromatic rings. The first-order valence-corrected chi connectivity index (χ1v) is 11.3. The van der Waals surface area contributed by atoms with Gasteiger partial charge >= 0.3 is 0 Å². The number of amides is 3. The Morgan fingerprint density at radius 2 is 1.65 bits per heavy atom. The number of carbonyl (C=O) groups excluding carboxylic acids is 3. The van der Waals surface area contributed by atoms with E-state index in [1.165, 1.54) is 6.42 Å². The number of hydrogen-bond acceptors (Lipinski definition) is 5. The van der Waals surface area contributed by atoms with E-state index in [0.717, 1.165) is 73.6 Å². The van der Waals surface area contributed by atoms with E-state index in [9.17, 15) is 14.4 Å². The van der Waals surface area contributed by atoms with Crippen molar-refractivity contribution in [3.63, 3.8) is 0 Å². The summed E-state index contributed by atoms with van der Waals surface area (Å²) in [5.41, 5.74) is 1.58. The maximum absolute atomic E-state index is 12.6. The Morgan fingerprint density at radius 3 is 2.35 bits per heavy atom. The summed E-state index contributed by atoms with van der Waals surface area (Å²) in [6, 6.07) is 7.47. The summed E-state index contributed by atoms with van der Waals surface area (Å²) in [5.74, 6) is 0.694. The second kappa shape index (κ2) is 8.24. The lowest BCUT2D eigenvalue weighted by Gasteiger charge is -2.19. The van der Waals surface area contributed by atoms with Crippen LogP contribution in [0.15, 0.2) is 24.3 Å². The molecule has 0 radical (unpaired) electrons. The molecule has 0 unspecified atom stereocenters. The van der Waals surface area contributed by atoms with E-state index in [1.807, 2.05) is 24.3 Å². The molecular formula is C23H27N5O3. The number of imide groups is 1. The van der Waals surface area contributed by atoms with Crippen LogP contribution >= 0.6 is 0 Å². The number of nitrogens with one attached hydrogen (secondary N) is 1. The zero-order chi connectivity index (χ0) is 21.4. The number of benzene rings is 1. The molecule has 2 atom stereocenters. The van der Waals surface area contributed by atoms with Crippen molar-refractivity contribution in [1.29, 1.82) is 0 Å². The van der Waals surface area contributed by atoms with Gasteiger partial charge < -0.3 is 9.88 Å². The fourth-order valence-electron chi connectivity index (χ4n) is 5.13. The molecule has 8 heteroatoms. The summed E-state index contributed by atoms with van der Waals surface area (Å²) < 4.78 is 2.19. The Bertz CT molecular complexity index is 989. The first-order chi connectivity index (χ1) is 15.1. The van der Waals surface area contributed by atoms with Gasteiger partial charge in [-0.1, -0.05) is 19.3 Å². The van der Waals surface area contributed by atoms with E-state index < -0.39 is 0 Å². The predicted molar refractivity (Wildman–Crippen MR) is 114 cm³/mol. The van der Waals surface area contributed by atoms with E-state index in [2.05, 4.69) is 20.1 Å². The summed E-state index contributed by atoms with van der Waals surface area (Å²) in [7, 11) is 0. The maximum Gasteiger partial charge on any atom is 0.244 e. The standard InChI is InChI=1S/C23H27N5O3/c29-20(14-28-22(30)17-6-3-4-7-18(17)23(28)31)24-16-11-9-15(10-12-16)21-26-25-19-8-2-1-5-13-27(19)21/h9-12,17-18H,1-8,13-14H2,(H,24,29)/t17-,18+. The molecular weight excluding hydrogens is 394 g/mol. The summed E-state index contributed by atoms with van der Waals surface area (Å²) in [6.45, 7) is 0.708. The van der Waals surface area contributed by atoms with Crippen molar-refractivity contribution >= 4 is 23.4 Å². The normalized spacial score (nSPS) is 23.3. The van der Waals surface area contributed by atoms with Gasteiger partial charge in [0.15, 0.2) is 5.82 Å². The quantitative estimate of drug-likeness (QED) is 0.766. The van der Waals surface area contributed by atoms with Gasteiger partial charge in [-0.05, 0) is 49.9 Å². The van der Waals surface area contributed by atoms with E-state index >= 15 is 0 Å². The Balaban J connectivity index is 1.24. The van der Waals surface area contributed by atoms with Crippen LogP contribution < -0.4 is 5.32 Å². The van der Waals surface area contributed by atoms with Gasteiger partial charge in [-0.3, -0.25) is 19.3 Å². The second-order valence-electron chi connectivity index (χ2n) is 8.79. The number of aryl methyl sites for hydroxylation is 1. The molecule has 1 N–H and O–H groups in total. The molecule has 3 aliphatic rings. The van der Waals surface area contributed by atoms with Gasteiger partial charge in [0.1, 0.15) is 12.4 Å².